The molecule has 1 heterocycles. The maximum atomic E-state index is 12.0. The number of hydrogen-bond acceptors (Lipinski definition) is 3. The molecule has 1 aliphatic carbocycles. The Bertz CT molecular complexity index is 579. The second kappa shape index (κ2) is 10.1. The van der Waals surface area contributed by atoms with Crippen molar-refractivity contribution in [2.24, 2.45) is 16.3 Å². The summed E-state index contributed by atoms with van der Waals surface area (Å²) in [6.45, 7) is 6.73. The largest absolute Gasteiger partial charge is 0.356 e. The van der Waals surface area contributed by atoms with E-state index in [2.05, 4.69) is 39.8 Å². The van der Waals surface area contributed by atoms with Crippen molar-refractivity contribution in [1.29, 1.82) is 0 Å². The fourth-order valence-electron chi connectivity index (χ4n) is 3.89. The second-order valence-corrected chi connectivity index (χ2v) is 7.66. The molecule has 0 unspecified atom stereocenters. The first kappa shape index (κ1) is 20.2. The molecule has 6 nitrogen and oxygen atoms in total. The Morgan fingerprint density at radius 3 is 2.58 bits per heavy atom. The Balaban J connectivity index is 1.71. The molecule has 1 aliphatic rings. The topological polar surface area (TPSA) is 78.4 Å². The lowest BCUT2D eigenvalue weighted by Gasteiger charge is -2.31. The van der Waals surface area contributed by atoms with E-state index >= 15 is 0 Å². The highest BCUT2D eigenvalue weighted by atomic mass is 16.1. The molecule has 3 N–H and O–H groups in total. The number of hydrogen-bond donors (Lipinski definition) is 3. The molecule has 2 rings (SSSR count). The van der Waals surface area contributed by atoms with Gasteiger partial charge in [0.25, 0.3) is 5.91 Å². The maximum absolute atomic E-state index is 12.0. The van der Waals surface area contributed by atoms with Crippen molar-refractivity contribution in [1.82, 2.24) is 20.9 Å². The zero-order valence-electron chi connectivity index (χ0n) is 16.3. The zero-order chi connectivity index (χ0) is 18.8. The van der Waals surface area contributed by atoms with Crippen LogP contribution in [0.15, 0.2) is 29.5 Å². The van der Waals surface area contributed by atoms with E-state index < -0.39 is 0 Å². The Kier molecular flexibility index (Phi) is 7.88. The normalized spacial score (nSPS) is 16.5. The number of aromatic nitrogens is 1. The van der Waals surface area contributed by atoms with Crippen molar-refractivity contribution in [3.63, 3.8) is 0 Å². The first-order valence-electron chi connectivity index (χ1n) is 9.67. The lowest BCUT2D eigenvalue weighted by Crippen LogP contribution is -2.45. The zero-order valence-corrected chi connectivity index (χ0v) is 16.3. The molecule has 1 saturated carbocycles. The molecule has 0 aliphatic heterocycles. The van der Waals surface area contributed by atoms with Crippen LogP contribution in [0.1, 0.15) is 56.3 Å². The third kappa shape index (κ3) is 6.32. The van der Waals surface area contributed by atoms with E-state index in [-0.39, 0.29) is 5.91 Å². The van der Waals surface area contributed by atoms with E-state index in [0.717, 1.165) is 12.5 Å². The molecular formula is C20H33N5O. The first-order valence-corrected chi connectivity index (χ1v) is 9.67. The van der Waals surface area contributed by atoms with E-state index in [1.807, 2.05) is 0 Å². The minimum Gasteiger partial charge on any atom is -0.356 e. The van der Waals surface area contributed by atoms with E-state index in [4.69, 9.17) is 0 Å². The summed E-state index contributed by atoms with van der Waals surface area (Å²) in [5.41, 5.74) is 0.979. The van der Waals surface area contributed by atoms with Crippen molar-refractivity contribution in [2.75, 3.05) is 26.7 Å². The number of carbonyl (C=O) groups is 1. The van der Waals surface area contributed by atoms with Crippen molar-refractivity contribution < 1.29 is 4.79 Å². The average molecular weight is 360 g/mol. The summed E-state index contributed by atoms with van der Waals surface area (Å²) in [7, 11) is 1.79. The Morgan fingerprint density at radius 1 is 1.23 bits per heavy atom. The molecule has 0 atom stereocenters. The van der Waals surface area contributed by atoms with Crippen LogP contribution in [0.3, 0.4) is 0 Å². The minimum absolute atomic E-state index is 0.107. The number of guanidine groups is 1. The van der Waals surface area contributed by atoms with Gasteiger partial charge in [0.1, 0.15) is 0 Å². The predicted octanol–water partition coefficient (Wildman–Crippen LogP) is 2.58. The standard InChI is InChI=1S/C20H33N5O/c1-16(2)13-20(8-4-5-9-20)15-25-19(21-3)24-12-11-23-18(26)17-7-6-10-22-14-17/h6-7,10,14,16H,4-5,8-9,11-13,15H2,1-3H3,(H,23,26)(H2,21,24,25). The molecule has 0 bridgehead atoms. The molecule has 1 aromatic rings. The number of carbonyl (C=O) groups excluding carboxylic acids is 1. The molecule has 6 heteroatoms. The number of aliphatic imine (C=N–C) groups is 1. The van der Waals surface area contributed by atoms with Gasteiger partial charge in [-0.1, -0.05) is 26.7 Å². The summed E-state index contributed by atoms with van der Waals surface area (Å²) in [4.78, 5) is 20.2. The molecular weight excluding hydrogens is 326 g/mol. The summed E-state index contributed by atoms with van der Waals surface area (Å²) in [5, 5.41) is 9.66. The van der Waals surface area contributed by atoms with E-state index in [0.29, 0.717) is 30.0 Å². The van der Waals surface area contributed by atoms with Crippen molar-refractivity contribution >= 4 is 11.9 Å². The highest BCUT2D eigenvalue weighted by Crippen LogP contribution is 2.42. The van der Waals surface area contributed by atoms with Crippen molar-refractivity contribution in [3.05, 3.63) is 30.1 Å². The third-order valence-electron chi connectivity index (χ3n) is 4.99. The van der Waals surface area contributed by atoms with Gasteiger partial charge in [-0.15, -0.1) is 0 Å². The molecule has 144 valence electrons. The summed E-state index contributed by atoms with van der Waals surface area (Å²) in [5.74, 6) is 1.41. The predicted molar refractivity (Wildman–Crippen MR) is 106 cm³/mol. The Morgan fingerprint density at radius 2 is 1.96 bits per heavy atom. The smallest absolute Gasteiger partial charge is 0.252 e. The fourth-order valence-corrected chi connectivity index (χ4v) is 3.89. The van der Waals surface area contributed by atoms with Gasteiger partial charge in [-0.05, 0) is 42.7 Å². The van der Waals surface area contributed by atoms with Crippen LogP contribution in [-0.2, 0) is 0 Å². The van der Waals surface area contributed by atoms with Crippen LogP contribution in [0, 0.1) is 11.3 Å². The van der Waals surface area contributed by atoms with E-state index in [1.165, 1.54) is 32.1 Å². The van der Waals surface area contributed by atoms with Gasteiger partial charge in [-0.2, -0.15) is 0 Å². The Hall–Kier alpha value is -2.11. The molecule has 0 radical (unpaired) electrons. The van der Waals surface area contributed by atoms with Crippen molar-refractivity contribution in [3.8, 4) is 0 Å². The third-order valence-corrected chi connectivity index (χ3v) is 4.99. The molecule has 1 amide bonds. The summed E-state index contributed by atoms with van der Waals surface area (Å²) in [6.07, 6.45) is 9.76. The first-order chi connectivity index (χ1) is 12.5. The minimum atomic E-state index is -0.107. The average Bonchev–Trinajstić information content (AvgIpc) is 3.09. The number of amides is 1. The molecule has 0 aromatic carbocycles. The van der Waals surface area contributed by atoms with Gasteiger partial charge in [-0.25, -0.2) is 0 Å². The number of nitrogens with zero attached hydrogens (tertiary/aromatic N) is 2. The molecule has 1 aromatic heterocycles. The van der Waals surface area contributed by atoms with Gasteiger partial charge in [0.15, 0.2) is 5.96 Å². The summed E-state index contributed by atoms with van der Waals surface area (Å²) in [6, 6.07) is 3.51. The van der Waals surface area contributed by atoms with Gasteiger partial charge >= 0.3 is 0 Å². The SMILES string of the molecule is CN=C(NCCNC(=O)c1cccnc1)NCC1(CC(C)C)CCCC1. The number of rotatable bonds is 8. The van der Waals surface area contributed by atoms with E-state index in [1.54, 1.807) is 31.6 Å². The van der Waals surface area contributed by atoms with Crippen LogP contribution in [0.5, 0.6) is 0 Å². The highest BCUT2D eigenvalue weighted by Gasteiger charge is 2.34. The number of pyridine rings is 1. The second-order valence-electron chi connectivity index (χ2n) is 7.66. The van der Waals surface area contributed by atoms with Crippen LogP contribution in [0.25, 0.3) is 0 Å². The highest BCUT2D eigenvalue weighted by molar-refractivity contribution is 5.93. The lowest BCUT2D eigenvalue weighted by atomic mass is 9.78. The van der Waals surface area contributed by atoms with Crippen molar-refractivity contribution in [2.45, 2.75) is 46.0 Å². The summed E-state index contributed by atoms with van der Waals surface area (Å²) < 4.78 is 0. The number of nitrogens with one attached hydrogen (secondary N) is 3. The molecule has 0 saturated heterocycles. The molecule has 0 spiro atoms. The Labute approximate surface area is 157 Å². The maximum Gasteiger partial charge on any atom is 0.252 e. The van der Waals surface area contributed by atoms with Crippen LogP contribution in [-0.4, -0.2) is 43.5 Å². The van der Waals surface area contributed by atoms with Gasteiger partial charge < -0.3 is 16.0 Å². The monoisotopic (exact) mass is 359 g/mol. The van der Waals surface area contributed by atoms with Crippen LogP contribution in [0.4, 0.5) is 0 Å². The fraction of sp³-hybridized carbons (Fsp3) is 0.650. The lowest BCUT2D eigenvalue weighted by molar-refractivity contribution is 0.0954. The van der Waals surface area contributed by atoms with Gasteiger partial charge in [0, 0.05) is 39.1 Å². The molecule has 1 fully saturated rings. The van der Waals surface area contributed by atoms with Crippen LogP contribution in [0.2, 0.25) is 0 Å². The summed E-state index contributed by atoms with van der Waals surface area (Å²) >= 11 is 0. The van der Waals surface area contributed by atoms with Gasteiger partial charge in [0.2, 0.25) is 0 Å². The van der Waals surface area contributed by atoms with Gasteiger partial charge in [0.05, 0.1) is 5.56 Å². The quantitative estimate of drug-likeness (QED) is 0.379. The van der Waals surface area contributed by atoms with E-state index in [9.17, 15) is 4.79 Å². The van der Waals surface area contributed by atoms with Gasteiger partial charge in [-0.3, -0.25) is 14.8 Å². The van der Waals surface area contributed by atoms with Crippen LogP contribution < -0.4 is 16.0 Å². The van der Waals surface area contributed by atoms with Crippen LogP contribution >= 0.6 is 0 Å². The molecule has 26 heavy (non-hydrogen) atoms.